The molecule has 0 saturated carbocycles. The number of nitrogens with one attached hydrogen (secondary N) is 1. The van der Waals surface area contributed by atoms with Crippen LogP contribution in [0.4, 0.5) is 0 Å². The Hall–Kier alpha value is -3.07. The number of Topliss-reactive ketones (excluding diaryl/α,β-unsaturated/α-hetero) is 1. The van der Waals surface area contributed by atoms with E-state index in [1.807, 2.05) is 6.92 Å². The third kappa shape index (κ3) is 7.71. The van der Waals surface area contributed by atoms with E-state index in [1.165, 1.54) is 9.20 Å². The van der Waals surface area contributed by atoms with Crippen LogP contribution in [0.25, 0.3) is 5.65 Å². The van der Waals surface area contributed by atoms with E-state index in [4.69, 9.17) is 19.6 Å². The Bertz CT molecular complexity index is 1210. The van der Waals surface area contributed by atoms with E-state index in [9.17, 15) is 4.79 Å². The molecule has 0 aliphatic carbocycles. The lowest BCUT2D eigenvalue weighted by molar-refractivity contribution is 0.0964. The van der Waals surface area contributed by atoms with Gasteiger partial charge in [-0.25, -0.2) is 4.68 Å². The number of fused-ring (bicyclic) bond motifs is 1. The van der Waals surface area contributed by atoms with Crippen LogP contribution in [-0.2, 0) is 6.54 Å². The topological polar surface area (TPSA) is 104 Å². The van der Waals surface area contributed by atoms with Crippen molar-refractivity contribution >= 4 is 23.8 Å². The highest BCUT2D eigenvalue weighted by atomic mass is 35.5. The second kappa shape index (κ2) is 12.8. The number of nitrogens with zero attached hydrogens (tertiary/aromatic N) is 4. The van der Waals surface area contributed by atoms with Crippen LogP contribution in [0.15, 0.2) is 30.3 Å². The van der Waals surface area contributed by atoms with Gasteiger partial charge in [0.1, 0.15) is 18.0 Å². The van der Waals surface area contributed by atoms with Gasteiger partial charge in [0.05, 0.1) is 19.3 Å². The van der Waals surface area contributed by atoms with Crippen LogP contribution < -0.4 is 19.8 Å². The molecule has 0 aliphatic heterocycles. The van der Waals surface area contributed by atoms with Crippen molar-refractivity contribution in [2.24, 2.45) is 5.41 Å². The summed E-state index contributed by atoms with van der Waals surface area (Å²) < 4.78 is 20.2. The quantitative estimate of drug-likeness (QED) is 0.334. The Kier molecular flexibility index (Phi) is 10.3. The van der Waals surface area contributed by atoms with Crippen molar-refractivity contribution < 1.29 is 19.0 Å². The van der Waals surface area contributed by atoms with E-state index in [0.29, 0.717) is 41.8 Å². The van der Waals surface area contributed by atoms with Crippen molar-refractivity contribution in [2.75, 3.05) is 13.2 Å². The van der Waals surface area contributed by atoms with Gasteiger partial charge in [0.2, 0.25) is 11.5 Å². The molecular weight excluding hydrogens is 482 g/mol. The molecule has 0 spiro atoms. The van der Waals surface area contributed by atoms with Gasteiger partial charge in [-0.15, -0.1) is 22.6 Å². The molecule has 0 amide bonds. The predicted molar refractivity (Wildman–Crippen MR) is 141 cm³/mol. The van der Waals surface area contributed by atoms with Gasteiger partial charge in [-0.2, -0.15) is 4.52 Å². The zero-order chi connectivity index (χ0) is 25.6. The summed E-state index contributed by atoms with van der Waals surface area (Å²) in [6.45, 7) is 13.4. The zero-order valence-corrected chi connectivity index (χ0v) is 22.9. The highest BCUT2D eigenvalue weighted by molar-refractivity contribution is 5.96. The summed E-state index contributed by atoms with van der Waals surface area (Å²) in [4.78, 5) is 13.2. The van der Waals surface area contributed by atoms with Crippen molar-refractivity contribution in [2.45, 2.75) is 73.5 Å². The van der Waals surface area contributed by atoms with Crippen LogP contribution >= 0.6 is 12.4 Å². The van der Waals surface area contributed by atoms with Gasteiger partial charge in [-0.1, -0.05) is 34.6 Å². The maximum Gasteiger partial charge on any atom is 0.242 e. The molecule has 0 radical (unpaired) electrons. The molecule has 0 unspecified atom stereocenters. The molecule has 2 aromatic heterocycles. The molecule has 10 heteroatoms. The largest absolute Gasteiger partial charge is 0.494 e. The molecule has 2 heterocycles. The van der Waals surface area contributed by atoms with Gasteiger partial charge in [-0.05, 0) is 49.8 Å². The molecule has 0 saturated heterocycles. The number of hydrogen-bond donors (Lipinski definition) is 1. The molecule has 3 rings (SSSR count). The molecule has 0 atom stereocenters. The number of benzene rings is 1. The number of aromatic nitrogens is 4. The van der Waals surface area contributed by atoms with E-state index in [2.05, 4.69) is 44.8 Å². The third-order valence-corrected chi connectivity index (χ3v) is 5.58. The lowest BCUT2D eigenvalue weighted by Crippen LogP contribution is -2.26. The highest BCUT2D eigenvalue weighted by Gasteiger charge is 2.16. The van der Waals surface area contributed by atoms with Gasteiger partial charge in [0.15, 0.2) is 11.4 Å². The van der Waals surface area contributed by atoms with Gasteiger partial charge in [0, 0.05) is 17.7 Å². The molecule has 9 nitrogen and oxygen atoms in total. The normalized spacial score (nSPS) is 11.4. The first-order valence-electron chi connectivity index (χ1n) is 12.3. The fourth-order valence-corrected chi connectivity index (χ4v) is 3.48. The number of ketones is 1. The maximum absolute atomic E-state index is 13.2. The summed E-state index contributed by atoms with van der Waals surface area (Å²) in [5, 5.41) is 17.3. The monoisotopic (exact) mass is 519 g/mol. The molecular formula is C26H38ClN5O4. The first-order chi connectivity index (χ1) is 16.6. The fraction of sp³-hybridized carbons (Fsp3) is 0.538. The summed E-state index contributed by atoms with van der Waals surface area (Å²) >= 11 is 0. The van der Waals surface area contributed by atoms with E-state index in [-0.39, 0.29) is 41.9 Å². The van der Waals surface area contributed by atoms with E-state index < -0.39 is 0 Å². The Morgan fingerprint density at radius 2 is 1.69 bits per heavy atom. The molecule has 0 bridgehead atoms. The van der Waals surface area contributed by atoms with Crippen LogP contribution in [0.5, 0.6) is 17.4 Å². The first kappa shape index (κ1) is 29.2. The molecule has 0 fully saturated rings. The van der Waals surface area contributed by atoms with Gasteiger partial charge < -0.3 is 14.2 Å². The Balaban J connectivity index is 0.00000456. The number of rotatable bonds is 12. The van der Waals surface area contributed by atoms with Crippen LogP contribution in [-0.4, -0.2) is 44.5 Å². The minimum atomic E-state index is -0.206. The molecule has 3 aromatic rings. The Labute approximate surface area is 218 Å². The summed E-state index contributed by atoms with van der Waals surface area (Å²) in [7, 11) is 0. The van der Waals surface area contributed by atoms with Crippen LogP contribution in [0, 0.1) is 10.8 Å². The highest BCUT2D eigenvalue weighted by Crippen LogP contribution is 2.25. The molecule has 36 heavy (non-hydrogen) atoms. The minimum absolute atomic E-state index is 0. The summed E-state index contributed by atoms with van der Waals surface area (Å²) in [6.07, 6.45) is 2.67. The Morgan fingerprint density at radius 3 is 2.31 bits per heavy atom. The Morgan fingerprint density at radius 1 is 1.03 bits per heavy atom. The maximum atomic E-state index is 13.2. The molecule has 1 N–H and O–H groups in total. The molecule has 1 aromatic carbocycles. The van der Waals surface area contributed by atoms with E-state index in [0.717, 1.165) is 19.3 Å². The minimum Gasteiger partial charge on any atom is -0.494 e. The summed E-state index contributed by atoms with van der Waals surface area (Å²) in [5.74, 6) is 1.37. The smallest absolute Gasteiger partial charge is 0.242 e. The van der Waals surface area contributed by atoms with Gasteiger partial charge in [0.25, 0.3) is 0 Å². The standard InChI is InChI=1S/C26H37N5O4.ClH/c1-7-19(8-2)35-24-11-10-23-28-30(25(27)31(23)29-24)17-22(32)18-14-20(33-9-3)16-21(15-18)34-13-12-26(4,5)6;/h10-11,14-16,19,27H,7-9,12-13,17H2,1-6H3;1H. The SMILES string of the molecule is CCOc1cc(OCCC(C)(C)C)cc(C(=O)Cn2nc3ccc(OC(CC)CC)nn3c2=N)c1.Cl. The van der Waals surface area contributed by atoms with Gasteiger partial charge in [-0.3, -0.25) is 10.2 Å². The van der Waals surface area contributed by atoms with Crippen LogP contribution in [0.3, 0.4) is 0 Å². The molecule has 0 aliphatic rings. The van der Waals surface area contributed by atoms with Crippen LogP contribution in [0.2, 0.25) is 0 Å². The summed E-state index contributed by atoms with van der Waals surface area (Å²) in [5.41, 5.74) is 1.05. The van der Waals surface area contributed by atoms with Crippen molar-refractivity contribution in [3.05, 3.63) is 41.5 Å². The number of ether oxygens (including phenoxy) is 3. The van der Waals surface area contributed by atoms with Crippen molar-refractivity contribution in [1.29, 1.82) is 5.41 Å². The molecule has 198 valence electrons. The lowest BCUT2D eigenvalue weighted by atomic mass is 9.93. The second-order valence-corrected chi connectivity index (χ2v) is 9.69. The number of carbonyl (C=O) groups is 1. The zero-order valence-electron chi connectivity index (χ0n) is 22.0. The average Bonchev–Trinajstić information content (AvgIpc) is 3.11. The van der Waals surface area contributed by atoms with Gasteiger partial charge >= 0.3 is 0 Å². The average molecular weight is 520 g/mol. The number of hydrogen-bond acceptors (Lipinski definition) is 7. The summed E-state index contributed by atoms with van der Waals surface area (Å²) in [6, 6.07) is 8.68. The third-order valence-electron chi connectivity index (χ3n) is 5.58. The van der Waals surface area contributed by atoms with Crippen molar-refractivity contribution in [3.8, 4) is 17.4 Å². The van der Waals surface area contributed by atoms with Crippen molar-refractivity contribution in [3.63, 3.8) is 0 Å². The van der Waals surface area contributed by atoms with Crippen molar-refractivity contribution in [1.82, 2.24) is 19.4 Å². The van der Waals surface area contributed by atoms with E-state index >= 15 is 0 Å². The van der Waals surface area contributed by atoms with Crippen LogP contribution in [0.1, 0.15) is 71.2 Å². The lowest BCUT2D eigenvalue weighted by Gasteiger charge is -2.18. The second-order valence-electron chi connectivity index (χ2n) is 9.69. The number of halogens is 1. The fourth-order valence-electron chi connectivity index (χ4n) is 3.48. The van der Waals surface area contributed by atoms with E-state index in [1.54, 1.807) is 30.3 Å². The predicted octanol–water partition coefficient (Wildman–Crippen LogP) is 5.10. The first-order valence-corrected chi connectivity index (χ1v) is 12.3. The number of carbonyl (C=O) groups excluding carboxylic acids is 1.